The summed E-state index contributed by atoms with van der Waals surface area (Å²) in [5.41, 5.74) is -1.26. The van der Waals surface area contributed by atoms with E-state index in [-0.39, 0.29) is 6.42 Å². The third kappa shape index (κ3) is 3.60. The molecule has 0 radical (unpaired) electrons. The Bertz CT molecular complexity index is 469. The van der Waals surface area contributed by atoms with Crippen molar-refractivity contribution in [3.63, 3.8) is 0 Å². The van der Waals surface area contributed by atoms with Crippen molar-refractivity contribution < 1.29 is 24.6 Å². The molecule has 0 bridgehead atoms. The Labute approximate surface area is 108 Å². The highest BCUT2D eigenvalue weighted by Gasteiger charge is 2.27. The monoisotopic (exact) mass is 274 g/mol. The minimum Gasteiger partial charge on any atom is -0.502 e. The molecule has 4 N–H and O–H groups in total. The van der Waals surface area contributed by atoms with E-state index in [1.165, 1.54) is 0 Å². The lowest BCUT2D eigenvalue weighted by Gasteiger charge is -2.18. The van der Waals surface area contributed by atoms with Crippen molar-refractivity contribution in [1.29, 1.82) is 0 Å². The number of rotatable bonds is 6. The molecule has 19 heavy (non-hydrogen) atoms. The van der Waals surface area contributed by atoms with E-state index < -0.39 is 39.9 Å². The fourth-order valence-electron chi connectivity index (χ4n) is 1.63. The van der Waals surface area contributed by atoms with E-state index in [1.807, 2.05) is 0 Å². The molecule has 0 saturated heterocycles. The van der Waals surface area contributed by atoms with Gasteiger partial charge in [0.25, 0.3) is 0 Å². The molecule has 7 nitrogen and oxygen atoms in total. The van der Waals surface area contributed by atoms with Crippen LogP contribution in [0.15, 0.2) is 12.1 Å². The molecule has 1 aromatic rings. The van der Waals surface area contributed by atoms with E-state index >= 15 is 0 Å². The average Bonchev–Trinajstić information content (AvgIpc) is 2.37. The Balaban J connectivity index is 3.08. The highest BCUT2D eigenvalue weighted by molar-refractivity contribution is 5.52. The number of aliphatic hydroxyl groups is 2. The number of phenols is 1. The van der Waals surface area contributed by atoms with Crippen molar-refractivity contribution >= 4 is 5.69 Å². The maximum Gasteiger partial charge on any atom is 0.314 e. The van der Waals surface area contributed by atoms with Gasteiger partial charge in [0.05, 0.1) is 17.1 Å². The largest absolute Gasteiger partial charge is 0.502 e. The van der Waals surface area contributed by atoms with E-state index in [4.69, 9.17) is 0 Å². The van der Waals surface area contributed by atoms with Crippen molar-refractivity contribution in [3.8, 4) is 5.75 Å². The molecule has 0 aliphatic carbocycles. The lowest BCUT2D eigenvalue weighted by atomic mass is 10.00. The molecule has 0 heterocycles. The topological polar surface area (TPSA) is 116 Å². The normalized spacial score (nSPS) is 14.1. The van der Waals surface area contributed by atoms with E-state index in [0.29, 0.717) is 12.6 Å². The van der Waals surface area contributed by atoms with E-state index in [1.54, 1.807) is 7.05 Å². The molecule has 106 valence electrons. The van der Waals surface area contributed by atoms with Gasteiger partial charge in [0, 0.05) is 5.56 Å². The summed E-state index contributed by atoms with van der Waals surface area (Å²) in [6.45, 7) is 0.385. The van der Waals surface area contributed by atoms with E-state index in [0.717, 1.165) is 6.07 Å². The molecule has 2 atom stereocenters. The standard InChI is InChI=1S/C11H15FN2O5/c1-13-3-2-9(15)11(17)7-4-6(12)5-8(10(7)16)14(18)19/h4-5,9,11,13,15-17H,2-3H2,1H3. The Kier molecular flexibility index (Phi) is 5.16. The lowest BCUT2D eigenvalue weighted by Crippen LogP contribution is -2.23. The lowest BCUT2D eigenvalue weighted by molar-refractivity contribution is -0.386. The van der Waals surface area contributed by atoms with Crippen LogP contribution < -0.4 is 5.32 Å². The minimum absolute atomic E-state index is 0.140. The van der Waals surface area contributed by atoms with Gasteiger partial charge in [-0.15, -0.1) is 0 Å². The maximum absolute atomic E-state index is 13.2. The van der Waals surface area contributed by atoms with Gasteiger partial charge < -0.3 is 20.6 Å². The summed E-state index contributed by atoms with van der Waals surface area (Å²) in [5.74, 6) is -1.82. The summed E-state index contributed by atoms with van der Waals surface area (Å²) in [4.78, 5) is 9.65. The Hall–Kier alpha value is -1.77. The Morgan fingerprint density at radius 2 is 2.11 bits per heavy atom. The van der Waals surface area contributed by atoms with Gasteiger partial charge in [0.2, 0.25) is 5.75 Å². The third-order valence-electron chi connectivity index (χ3n) is 2.65. The number of phenolic OH excluding ortho intramolecular Hbond substituents is 1. The summed E-state index contributed by atoms with van der Waals surface area (Å²) >= 11 is 0. The van der Waals surface area contributed by atoms with E-state index in [2.05, 4.69) is 5.32 Å². The van der Waals surface area contributed by atoms with Crippen molar-refractivity contribution in [1.82, 2.24) is 5.32 Å². The summed E-state index contributed by atoms with van der Waals surface area (Å²) in [6.07, 6.45) is -2.75. The van der Waals surface area contributed by atoms with Crippen molar-refractivity contribution in [3.05, 3.63) is 33.6 Å². The summed E-state index contributed by atoms with van der Waals surface area (Å²) in [5, 5.41) is 42.4. The van der Waals surface area contributed by atoms with Gasteiger partial charge in [0.1, 0.15) is 11.9 Å². The molecule has 0 spiro atoms. The molecule has 2 unspecified atom stereocenters. The highest BCUT2D eigenvalue weighted by atomic mass is 19.1. The van der Waals surface area contributed by atoms with Crippen LogP contribution in [-0.2, 0) is 0 Å². The van der Waals surface area contributed by atoms with Crippen LogP contribution in [0.1, 0.15) is 18.1 Å². The van der Waals surface area contributed by atoms with Gasteiger partial charge in [0.15, 0.2) is 0 Å². The first kappa shape index (κ1) is 15.3. The predicted octanol–water partition coefficient (Wildman–Crippen LogP) is 0.443. The molecule has 8 heteroatoms. The fourth-order valence-corrected chi connectivity index (χ4v) is 1.63. The first-order chi connectivity index (χ1) is 8.88. The average molecular weight is 274 g/mol. The Morgan fingerprint density at radius 3 is 2.63 bits per heavy atom. The fraction of sp³-hybridized carbons (Fsp3) is 0.455. The molecule has 0 amide bonds. The molecule has 0 saturated carbocycles. The van der Waals surface area contributed by atoms with E-state index in [9.17, 15) is 29.8 Å². The molecule has 0 aliphatic heterocycles. The number of nitro benzene ring substituents is 1. The van der Waals surface area contributed by atoms with Gasteiger partial charge in [-0.1, -0.05) is 0 Å². The number of halogens is 1. The van der Waals surface area contributed by atoms with Crippen LogP contribution in [0.4, 0.5) is 10.1 Å². The zero-order valence-corrected chi connectivity index (χ0v) is 10.2. The molecule has 0 fully saturated rings. The smallest absolute Gasteiger partial charge is 0.314 e. The van der Waals surface area contributed by atoms with Crippen LogP contribution in [0.25, 0.3) is 0 Å². The van der Waals surface area contributed by atoms with Gasteiger partial charge in [-0.05, 0) is 26.1 Å². The number of benzene rings is 1. The van der Waals surface area contributed by atoms with Gasteiger partial charge in [-0.3, -0.25) is 10.1 Å². The SMILES string of the molecule is CNCCC(O)C(O)c1cc(F)cc([N+](=O)[O-])c1O. The number of nitrogens with zero attached hydrogens (tertiary/aromatic N) is 1. The number of aliphatic hydroxyl groups excluding tert-OH is 2. The zero-order valence-electron chi connectivity index (χ0n) is 10.2. The van der Waals surface area contributed by atoms with Crippen LogP contribution in [0.3, 0.4) is 0 Å². The first-order valence-corrected chi connectivity index (χ1v) is 5.56. The van der Waals surface area contributed by atoms with Crippen molar-refractivity contribution in [2.45, 2.75) is 18.6 Å². The maximum atomic E-state index is 13.2. The predicted molar refractivity (Wildman–Crippen MR) is 64.2 cm³/mol. The summed E-state index contributed by atoms with van der Waals surface area (Å²) in [6, 6.07) is 1.31. The Morgan fingerprint density at radius 1 is 1.47 bits per heavy atom. The third-order valence-corrected chi connectivity index (χ3v) is 2.65. The zero-order chi connectivity index (χ0) is 14.6. The number of nitro groups is 1. The van der Waals surface area contributed by atoms with Crippen LogP contribution in [0.5, 0.6) is 5.75 Å². The van der Waals surface area contributed by atoms with Crippen molar-refractivity contribution in [2.24, 2.45) is 0 Å². The molecular formula is C11H15FN2O5. The first-order valence-electron chi connectivity index (χ1n) is 5.56. The molecule has 0 aromatic heterocycles. The molecular weight excluding hydrogens is 259 g/mol. The van der Waals surface area contributed by atoms with Crippen LogP contribution >= 0.6 is 0 Å². The van der Waals surface area contributed by atoms with Gasteiger partial charge >= 0.3 is 5.69 Å². The number of aromatic hydroxyl groups is 1. The van der Waals surface area contributed by atoms with Crippen LogP contribution in [0.2, 0.25) is 0 Å². The van der Waals surface area contributed by atoms with Crippen LogP contribution in [0, 0.1) is 15.9 Å². The summed E-state index contributed by atoms with van der Waals surface area (Å²) in [7, 11) is 1.64. The molecule has 1 rings (SSSR count). The second-order valence-electron chi connectivity index (χ2n) is 4.02. The van der Waals surface area contributed by atoms with Crippen LogP contribution in [-0.4, -0.2) is 39.9 Å². The summed E-state index contributed by atoms with van der Waals surface area (Å²) < 4.78 is 13.2. The number of hydrogen-bond acceptors (Lipinski definition) is 6. The second kappa shape index (κ2) is 6.41. The van der Waals surface area contributed by atoms with Gasteiger partial charge in [-0.2, -0.15) is 0 Å². The van der Waals surface area contributed by atoms with Crippen molar-refractivity contribution in [2.75, 3.05) is 13.6 Å². The van der Waals surface area contributed by atoms with Gasteiger partial charge in [-0.25, -0.2) is 4.39 Å². The minimum atomic E-state index is -1.61. The number of nitrogens with one attached hydrogen (secondary N) is 1. The molecule has 1 aromatic carbocycles. The second-order valence-corrected chi connectivity index (χ2v) is 4.02. The molecule has 0 aliphatic rings. The highest BCUT2D eigenvalue weighted by Crippen LogP contribution is 2.36. The number of hydrogen-bond donors (Lipinski definition) is 4. The quantitative estimate of drug-likeness (QED) is 0.442.